The minimum Gasteiger partial charge on any atom is -0.467 e. The van der Waals surface area contributed by atoms with E-state index in [-0.39, 0.29) is 30.6 Å². The van der Waals surface area contributed by atoms with E-state index >= 15 is 0 Å². The van der Waals surface area contributed by atoms with Gasteiger partial charge in [0, 0.05) is 12.0 Å². The fraction of sp³-hybridized carbons (Fsp3) is 0.450. The lowest BCUT2D eigenvalue weighted by molar-refractivity contribution is 0.129. The molecule has 0 radical (unpaired) electrons. The lowest BCUT2D eigenvalue weighted by Gasteiger charge is -2.40. The summed E-state index contributed by atoms with van der Waals surface area (Å²) in [6.07, 6.45) is 1.23. The van der Waals surface area contributed by atoms with E-state index in [0.717, 1.165) is 11.3 Å². The van der Waals surface area contributed by atoms with Crippen molar-refractivity contribution in [3.05, 3.63) is 47.8 Å². The van der Waals surface area contributed by atoms with E-state index in [0.29, 0.717) is 11.6 Å². The van der Waals surface area contributed by atoms with E-state index in [2.05, 4.69) is 41.4 Å². The van der Waals surface area contributed by atoms with Crippen LogP contribution in [0.4, 0.5) is 10.5 Å². The molecule has 3 rings (SSSR count). The maximum Gasteiger partial charge on any atom is 0.408 e. The summed E-state index contributed by atoms with van der Waals surface area (Å²) < 4.78 is 10.6. The third-order valence-corrected chi connectivity index (χ3v) is 4.89. The highest BCUT2D eigenvalue weighted by molar-refractivity contribution is 5.69. The minimum absolute atomic E-state index is 0.112. The van der Waals surface area contributed by atoms with E-state index in [1.54, 1.807) is 6.20 Å². The van der Waals surface area contributed by atoms with Crippen LogP contribution in [0.2, 0.25) is 0 Å². The highest BCUT2D eigenvalue weighted by Crippen LogP contribution is 2.38. The molecule has 0 saturated heterocycles. The average molecular weight is 370 g/mol. The van der Waals surface area contributed by atoms with Gasteiger partial charge in [-0.2, -0.15) is 4.98 Å². The number of alkyl carbamates (subject to hydrolysis) is 1. The Morgan fingerprint density at radius 1 is 1.30 bits per heavy atom. The molecule has 2 aromatic rings. The van der Waals surface area contributed by atoms with Crippen molar-refractivity contribution in [3.63, 3.8) is 0 Å². The molecule has 1 unspecified atom stereocenters. The summed E-state index contributed by atoms with van der Waals surface area (Å²) in [5.74, 6) is 0.487. The van der Waals surface area contributed by atoms with Gasteiger partial charge in [-0.15, -0.1) is 0 Å². The first-order valence-corrected chi connectivity index (χ1v) is 9.14. The lowest BCUT2D eigenvalue weighted by atomic mass is 9.81. The zero-order valence-electron chi connectivity index (χ0n) is 16.1. The maximum atomic E-state index is 12.4. The summed E-state index contributed by atoms with van der Waals surface area (Å²) in [6, 6.07) is 9.75. The van der Waals surface area contributed by atoms with Crippen LogP contribution in [-0.2, 0) is 11.3 Å². The Bertz CT molecular complexity index is 782. The van der Waals surface area contributed by atoms with Crippen LogP contribution >= 0.6 is 0 Å². The number of rotatable bonds is 5. The summed E-state index contributed by atoms with van der Waals surface area (Å²) in [6.45, 7) is 6.61. The monoisotopic (exact) mass is 370 g/mol. The number of carbonyl (C=O) groups is 1. The second-order valence-electron chi connectivity index (χ2n) is 7.11. The number of amides is 1. The van der Waals surface area contributed by atoms with Crippen LogP contribution in [-0.4, -0.2) is 29.2 Å². The number of nitrogens with one attached hydrogen (secondary N) is 2. The number of aromatic nitrogens is 2. The van der Waals surface area contributed by atoms with Gasteiger partial charge >= 0.3 is 12.1 Å². The Labute approximate surface area is 159 Å². The van der Waals surface area contributed by atoms with Crippen LogP contribution in [0.5, 0.6) is 6.01 Å². The predicted molar refractivity (Wildman–Crippen MR) is 103 cm³/mol. The van der Waals surface area contributed by atoms with Gasteiger partial charge in [-0.1, -0.05) is 51.1 Å². The molecular formula is C20H26N4O3. The van der Waals surface area contributed by atoms with Gasteiger partial charge in [-0.05, 0) is 11.5 Å². The Morgan fingerprint density at radius 2 is 2.04 bits per heavy atom. The quantitative estimate of drug-likeness (QED) is 0.837. The molecule has 1 aliphatic heterocycles. The van der Waals surface area contributed by atoms with Gasteiger partial charge in [-0.25, -0.2) is 9.78 Å². The number of benzene rings is 1. The Kier molecular flexibility index (Phi) is 5.78. The third-order valence-electron chi connectivity index (χ3n) is 4.89. The van der Waals surface area contributed by atoms with Gasteiger partial charge in [0.25, 0.3) is 0 Å². The maximum absolute atomic E-state index is 12.4. The molecular weight excluding hydrogens is 344 g/mol. The Hall–Kier alpha value is -2.83. The number of hydrogen-bond donors (Lipinski definition) is 2. The van der Waals surface area contributed by atoms with Crippen molar-refractivity contribution in [3.8, 4) is 6.01 Å². The molecule has 144 valence electrons. The molecule has 27 heavy (non-hydrogen) atoms. The molecule has 2 heterocycles. The molecule has 0 bridgehead atoms. The van der Waals surface area contributed by atoms with Crippen LogP contribution in [0.3, 0.4) is 0 Å². The highest BCUT2D eigenvalue weighted by Gasteiger charge is 2.38. The zero-order chi connectivity index (χ0) is 19.4. The van der Waals surface area contributed by atoms with Crippen molar-refractivity contribution < 1.29 is 14.3 Å². The van der Waals surface area contributed by atoms with Crippen molar-refractivity contribution in [2.45, 2.75) is 39.5 Å². The smallest absolute Gasteiger partial charge is 0.408 e. The summed E-state index contributed by atoms with van der Waals surface area (Å²) >= 11 is 0. The molecule has 0 aliphatic carbocycles. The Morgan fingerprint density at radius 3 is 2.70 bits per heavy atom. The highest BCUT2D eigenvalue weighted by atomic mass is 16.5. The number of carbonyl (C=O) groups excluding carboxylic acids is 1. The summed E-state index contributed by atoms with van der Waals surface area (Å²) in [5.41, 5.74) is 2.46. The van der Waals surface area contributed by atoms with Crippen molar-refractivity contribution in [1.29, 1.82) is 0 Å². The van der Waals surface area contributed by atoms with Gasteiger partial charge in [0.1, 0.15) is 6.61 Å². The number of anilines is 1. The molecule has 7 nitrogen and oxygen atoms in total. The minimum atomic E-state index is -0.469. The molecule has 0 spiro atoms. The molecule has 1 amide bonds. The van der Waals surface area contributed by atoms with Gasteiger partial charge in [0.15, 0.2) is 0 Å². The number of nitrogens with zero attached hydrogens (tertiary/aromatic N) is 2. The molecule has 7 heteroatoms. The van der Waals surface area contributed by atoms with E-state index in [9.17, 15) is 4.79 Å². The van der Waals surface area contributed by atoms with Crippen LogP contribution in [0.15, 0.2) is 36.5 Å². The van der Waals surface area contributed by atoms with Crippen molar-refractivity contribution >= 4 is 11.8 Å². The second-order valence-corrected chi connectivity index (χ2v) is 7.11. The molecule has 2 N–H and O–H groups in total. The Balaban J connectivity index is 1.78. The molecule has 0 saturated carbocycles. The van der Waals surface area contributed by atoms with Gasteiger partial charge in [0.05, 0.1) is 30.7 Å². The van der Waals surface area contributed by atoms with Crippen LogP contribution < -0.4 is 15.4 Å². The number of ether oxygens (including phenoxy) is 2. The lowest BCUT2D eigenvalue weighted by Crippen LogP contribution is -2.46. The summed E-state index contributed by atoms with van der Waals surface area (Å²) in [4.78, 5) is 21.1. The van der Waals surface area contributed by atoms with Gasteiger partial charge in [0.2, 0.25) is 0 Å². The van der Waals surface area contributed by atoms with Gasteiger partial charge in [-0.3, -0.25) is 0 Å². The fourth-order valence-electron chi connectivity index (χ4n) is 3.46. The number of hydrogen-bond acceptors (Lipinski definition) is 6. The number of methoxy groups -OCH3 is 1. The largest absolute Gasteiger partial charge is 0.467 e. The zero-order valence-corrected chi connectivity index (χ0v) is 16.1. The predicted octanol–water partition coefficient (Wildman–Crippen LogP) is 3.54. The molecule has 1 aliphatic rings. The molecule has 1 aromatic heterocycles. The first-order chi connectivity index (χ1) is 13.0. The van der Waals surface area contributed by atoms with E-state index in [4.69, 9.17) is 9.47 Å². The third kappa shape index (κ3) is 4.30. The standard InChI is InChI=1S/C20H26N4O3/c1-12(2)16-13(3)17(18-15(22-16)10-21-19(23-18)26-4)24-20(25)27-11-14-8-6-5-7-9-14/h5-10,12-13,16-17,22H,11H2,1-4H3,(H,24,25)/t13-,16-,17?/m0/s1. The molecule has 1 aromatic carbocycles. The normalized spacial score (nSPS) is 21.1. The van der Waals surface area contributed by atoms with Crippen LogP contribution in [0.1, 0.15) is 38.1 Å². The van der Waals surface area contributed by atoms with Crippen LogP contribution in [0.25, 0.3) is 0 Å². The van der Waals surface area contributed by atoms with Crippen molar-refractivity contribution in [1.82, 2.24) is 15.3 Å². The van der Waals surface area contributed by atoms with E-state index in [1.807, 2.05) is 30.3 Å². The van der Waals surface area contributed by atoms with E-state index in [1.165, 1.54) is 7.11 Å². The van der Waals surface area contributed by atoms with Crippen LogP contribution in [0, 0.1) is 11.8 Å². The van der Waals surface area contributed by atoms with Gasteiger partial charge < -0.3 is 20.1 Å². The first-order valence-electron chi connectivity index (χ1n) is 9.14. The summed E-state index contributed by atoms with van der Waals surface area (Å²) in [5, 5.41) is 6.47. The van der Waals surface area contributed by atoms with Crippen molar-refractivity contribution in [2.75, 3.05) is 12.4 Å². The average Bonchev–Trinajstić information content (AvgIpc) is 2.68. The number of fused-ring (bicyclic) bond motifs is 1. The molecule has 3 atom stereocenters. The molecule has 0 fully saturated rings. The first kappa shape index (κ1) is 18.9. The van der Waals surface area contributed by atoms with E-state index < -0.39 is 6.09 Å². The fourth-order valence-corrected chi connectivity index (χ4v) is 3.46. The SMILES string of the molecule is COc1ncc2c(n1)C(NC(=O)OCc1ccccc1)[C@@H](C)[C@H](C(C)C)N2. The second kappa shape index (κ2) is 8.24. The summed E-state index contributed by atoms with van der Waals surface area (Å²) in [7, 11) is 1.52. The van der Waals surface area contributed by atoms with Crippen molar-refractivity contribution in [2.24, 2.45) is 11.8 Å². The topological polar surface area (TPSA) is 85.4 Å².